The number of methoxy groups -OCH3 is 3. The number of rotatable bonds is 4. The molecule has 3 amide bonds. The van der Waals surface area contributed by atoms with Gasteiger partial charge < -0.3 is 18.9 Å². The number of morpholine rings is 1. The Labute approximate surface area is 126 Å². The standard InChI is InChI=1S/C14H15NO7/c1-19-9-4-8(5-10(20-2)13(9)21-3)14(18)15-11(16)6-22-7-12(15)17/h4-5H,6-7H2,1-3H3. The third-order valence-electron chi connectivity index (χ3n) is 3.06. The van der Waals surface area contributed by atoms with Crippen molar-refractivity contribution in [3.8, 4) is 17.2 Å². The molecule has 118 valence electrons. The van der Waals surface area contributed by atoms with Gasteiger partial charge >= 0.3 is 0 Å². The lowest BCUT2D eigenvalue weighted by Gasteiger charge is -2.23. The molecule has 0 saturated carbocycles. The number of imide groups is 3. The summed E-state index contributed by atoms with van der Waals surface area (Å²) in [5, 5.41) is 0. The lowest BCUT2D eigenvalue weighted by atomic mass is 10.1. The van der Waals surface area contributed by atoms with Gasteiger partial charge in [0.2, 0.25) is 5.75 Å². The number of amides is 3. The summed E-state index contributed by atoms with van der Waals surface area (Å²) in [7, 11) is 4.23. The molecule has 8 heteroatoms. The Morgan fingerprint density at radius 3 is 1.91 bits per heavy atom. The minimum Gasteiger partial charge on any atom is -0.493 e. The van der Waals surface area contributed by atoms with Crippen molar-refractivity contribution in [3.05, 3.63) is 17.7 Å². The molecular weight excluding hydrogens is 294 g/mol. The Morgan fingerprint density at radius 1 is 1.00 bits per heavy atom. The molecule has 1 aromatic rings. The van der Waals surface area contributed by atoms with Crippen LogP contribution >= 0.6 is 0 Å². The summed E-state index contributed by atoms with van der Waals surface area (Å²) < 4.78 is 20.2. The van der Waals surface area contributed by atoms with Gasteiger partial charge in [-0.25, -0.2) is 4.90 Å². The molecule has 1 aliphatic heterocycles. The number of benzene rings is 1. The summed E-state index contributed by atoms with van der Waals surface area (Å²) in [6.07, 6.45) is 0. The zero-order valence-electron chi connectivity index (χ0n) is 12.4. The van der Waals surface area contributed by atoms with E-state index in [9.17, 15) is 14.4 Å². The first-order valence-electron chi connectivity index (χ1n) is 6.31. The summed E-state index contributed by atoms with van der Waals surface area (Å²) in [5.74, 6) is -1.39. The zero-order valence-corrected chi connectivity index (χ0v) is 12.4. The average Bonchev–Trinajstić information content (AvgIpc) is 2.52. The number of ether oxygens (including phenoxy) is 4. The van der Waals surface area contributed by atoms with Gasteiger partial charge in [-0.05, 0) is 12.1 Å². The molecule has 1 saturated heterocycles. The predicted octanol–water partition coefficient (Wildman–Crippen LogP) is 0.238. The Kier molecular flexibility index (Phi) is 4.62. The zero-order chi connectivity index (χ0) is 16.3. The molecule has 0 radical (unpaired) electrons. The van der Waals surface area contributed by atoms with E-state index in [1.807, 2.05) is 0 Å². The Morgan fingerprint density at radius 2 is 1.50 bits per heavy atom. The minimum absolute atomic E-state index is 0.0677. The molecule has 0 atom stereocenters. The Hall–Kier alpha value is -2.61. The molecule has 22 heavy (non-hydrogen) atoms. The highest BCUT2D eigenvalue weighted by Crippen LogP contribution is 2.38. The molecule has 1 heterocycles. The number of nitrogens with zero attached hydrogens (tertiary/aromatic N) is 1. The molecule has 0 aliphatic carbocycles. The van der Waals surface area contributed by atoms with Gasteiger partial charge in [0.1, 0.15) is 13.2 Å². The van der Waals surface area contributed by atoms with Crippen molar-refractivity contribution in [1.29, 1.82) is 0 Å². The Bertz CT molecular complexity index is 585. The van der Waals surface area contributed by atoms with E-state index in [1.54, 1.807) is 0 Å². The lowest BCUT2D eigenvalue weighted by Crippen LogP contribution is -2.49. The van der Waals surface area contributed by atoms with Crippen LogP contribution in [-0.4, -0.2) is 57.2 Å². The maximum Gasteiger partial charge on any atom is 0.267 e. The van der Waals surface area contributed by atoms with Gasteiger partial charge in [0, 0.05) is 5.56 Å². The molecular formula is C14H15NO7. The van der Waals surface area contributed by atoms with Crippen molar-refractivity contribution in [2.75, 3.05) is 34.5 Å². The van der Waals surface area contributed by atoms with Crippen LogP contribution in [0.25, 0.3) is 0 Å². The van der Waals surface area contributed by atoms with Crippen molar-refractivity contribution >= 4 is 17.7 Å². The van der Waals surface area contributed by atoms with E-state index in [-0.39, 0.29) is 30.3 Å². The molecule has 0 bridgehead atoms. The first-order valence-corrected chi connectivity index (χ1v) is 6.31. The average molecular weight is 309 g/mol. The highest BCUT2D eigenvalue weighted by Gasteiger charge is 2.34. The van der Waals surface area contributed by atoms with Gasteiger partial charge in [-0.2, -0.15) is 0 Å². The van der Waals surface area contributed by atoms with Crippen molar-refractivity contribution in [1.82, 2.24) is 4.90 Å². The molecule has 1 aliphatic rings. The summed E-state index contributed by atoms with van der Waals surface area (Å²) in [5.41, 5.74) is 0.0677. The van der Waals surface area contributed by atoms with Crippen LogP contribution in [0.2, 0.25) is 0 Å². The fourth-order valence-electron chi connectivity index (χ4n) is 2.05. The van der Waals surface area contributed by atoms with Crippen LogP contribution in [0.1, 0.15) is 10.4 Å². The van der Waals surface area contributed by atoms with Crippen LogP contribution in [0.5, 0.6) is 17.2 Å². The second-order valence-electron chi connectivity index (χ2n) is 4.33. The fraction of sp³-hybridized carbons (Fsp3) is 0.357. The highest BCUT2D eigenvalue weighted by molar-refractivity contribution is 6.18. The van der Waals surface area contributed by atoms with E-state index in [4.69, 9.17) is 18.9 Å². The van der Waals surface area contributed by atoms with Crippen LogP contribution in [0.3, 0.4) is 0 Å². The largest absolute Gasteiger partial charge is 0.493 e. The fourth-order valence-corrected chi connectivity index (χ4v) is 2.05. The molecule has 1 fully saturated rings. The van der Waals surface area contributed by atoms with Gasteiger partial charge in [0.15, 0.2) is 11.5 Å². The van der Waals surface area contributed by atoms with Crippen LogP contribution < -0.4 is 14.2 Å². The lowest BCUT2D eigenvalue weighted by molar-refractivity contribution is -0.154. The number of hydrogen-bond acceptors (Lipinski definition) is 7. The molecule has 2 rings (SSSR count). The smallest absolute Gasteiger partial charge is 0.267 e. The molecule has 8 nitrogen and oxygen atoms in total. The van der Waals surface area contributed by atoms with Crippen LogP contribution in [0.15, 0.2) is 12.1 Å². The van der Waals surface area contributed by atoms with Crippen LogP contribution in [0.4, 0.5) is 0 Å². The van der Waals surface area contributed by atoms with Crippen molar-refractivity contribution in [3.63, 3.8) is 0 Å². The molecule has 1 aromatic carbocycles. The predicted molar refractivity (Wildman–Crippen MR) is 73.1 cm³/mol. The number of carbonyl (C=O) groups is 3. The molecule has 0 unspecified atom stereocenters. The quantitative estimate of drug-likeness (QED) is 0.736. The third-order valence-corrected chi connectivity index (χ3v) is 3.06. The summed E-state index contributed by atoms with van der Waals surface area (Å²) in [4.78, 5) is 36.4. The van der Waals surface area contributed by atoms with E-state index < -0.39 is 17.7 Å². The summed E-state index contributed by atoms with van der Waals surface area (Å²) >= 11 is 0. The summed E-state index contributed by atoms with van der Waals surface area (Å²) in [6.45, 7) is -0.635. The number of hydrogen-bond donors (Lipinski definition) is 0. The molecule has 0 aromatic heterocycles. The number of carbonyl (C=O) groups excluding carboxylic acids is 3. The minimum atomic E-state index is -0.766. The molecule has 0 N–H and O–H groups in total. The maximum absolute atomic E-state index is 12.4. The van der Waals surface area contributed by atoms with Crippen LogP contribution in [0, 0.1) is 0 Å². The SMILES string of the molecule is COc1cc(C(=O)N2C(=O)COCC2=O)cc(OC)c1OC. The second-order valence-corrected chi connectivity index (χ2v) is 4.33. The van der Waals surface area contributed by atoms with Gasteiger partial charge in [-0.3, -0.25) is 14.4 Å². The van der Waals surface area contributed by atoms with Gasteiger partial charge in [-0.15, -0.1) is 0 Å². The normalized spacial score (nSPS) is 14.8. The highest BCUT2D eigenvalue weighted by atomic mass is 16.5. The second kappa shape index (κ2) is 6.44. The van der Waals surface area contributed by atoms with Crippen molar-refractivity contribution < 1.29 is 33.3 Å². The van der Waals surface area contributed by atoms with E-state index in [1.165, 1.54) is 33.5 Å². The monoisotopic (exact) mass is 309 g/mol. The van der Waals surface area contributed by atoms with Gasteiger partial charge in [-0.1, -0.05) is 0 Å². The van der Waals surface area contributed by atoms with E-state index in [0.29, 0.717) is 10.6 Å². The summed E-state index contributed by atoms with van der Waals surface area (Å²) in [6, 6.07) is 2.75. The Balaban J connectivity index is 2.45. The van der Waals surface area contributed by atoms with Crippen LogP contribution in [-0.2, 0) is 14.3 Å². The first-order chi connectivity index (χ1) is 10.5. The third kappa shape index (κ3) is 2.73. The maximum atomic E-state index is 12.4. The van der Waals surface area contributed by atoms with Gasteiger partial charge in [0.25, 0.3) is 17.7 Å². The molecule has 0 spiro atoms. The topological polar surface area (TPSA) is 91.4 Å². The van der Waals surface area contributed by atoms with E-state index in [0.717, 1.165) is 0 Å². The first kappa shape index (κ1) is 15.8. The van der Waals surface area contributed by atoms with E-state index >= 15 is 0 Å². The van der Waals surface area contributed by atoms with Crippen molar-refractivity contribution in [2.45, 2.75) is 0 Å². The van der Waals surface area contributed by atoms with Gasteiger partial charge in [0.05, 0.1) is 21.3 Å². The van der Waals surface area contributed by atoms with E-state index in [2.05, 4.69) is 0 Å². The van der Waals surface area contributed by atoms with Crippen molar-refractivity contribution in [2.24, 2.45) is 0 Å².